The van der Waals surface area contributed by atoms with Crippen LogP contribution >= 0.6 is 11.3 Å². The fraction of sp³-hybridized carbons (Fsp3) is 0.562. The van der Waals surface area contributed by atoms with Crippen molar-refractivity contribution in [2.24, 2.45) is 0 Å². The molecule has 1 rings (SSSR count). The Balaban J connectivity index is 2.18. The minimum atomic E-state index is -0.917. The lowest BCUT2D eigenvalue weighted by atomic mass is 10.1. The Morgan fingerprint density at radius 3 is 2.43 bits per heavy atom. The second kappa shape index (κ2) is 10.9. The van der Waals surface area contributed by atoms with Crippen LogP contribution in [0.4, 0.5) is 0 Å². The van der Waals surface area contributed by atoms with Crippen LogP contribution in [-0.4, -0.2) is 40.5 Å². The lowest BCUT2D eigenvalue weighted by Gasteiger charge is -2.13. The van der Waals surface area contributed by atoms with Crippen LogP contribution in [0.5, 0.6) is 0 Å². The average molecular weight is 341 g/mol. The molecule has 0 radical (unpaired) electrons. The molecule has 0 aliphatic heterocycles. The minimum Gasteiger partial charge on any atom is -0.481 e. The summed E-state index contributed by atoms with van der Waals surface area (Å²) in [6.45, 7) is 0.340. The molecule has 3 N–H and O–H groups in total. The molecule has 128 valence electrons. The van der Waals surface area contributed by atoms with Crippen molar-refractivity contribution in [1.29, 1.82) is 0 Å². The summed E-state index contributed by atoms with van der Waals surface area (Å²) in [5.74, 6) is -1.70. The van der Waals surface area contributed by atoms with Crippen LogP contribution < -0.4 is 5.32 Å². The van der Waals surface area contributed by atoms with E-state index in [1.807, 2.05) is 11.4 Å². The van der Waals surface area contributed by atoms with Gasteiger partial charge in [0.05, 0.1) is 4.88 Å². The van der Waals surface area contributed by atoms with E-state index in [1.165, 1.54) is 11.3 Å². The van der Waals surface area contributed by atoms with E-state index in [0.717, 1.165) is 19.3 Å². The number of hydrogen-bond donors (Lipinski definition) is 3. The van der Waals surface area contributed by atoms with Gasteiger partial charge in [-0.05, 0) is 24.3 Å². The van der Waals surface area contributed by atoms with Gasteiger partial charge in [0, 0.05) is 19.4 Å². The monoisotopic (exact) mass is 341 g/mol. The number of rotatable bonds is 13. The topological polar surface area (TPSA) is 104 Å². The molecule has 0 saturated carbocycles. The molecule has 0 aliphatic carbocycles. The maximum absolute atomic E-state index is 11.8. The van der Waals surface area contributed by atoms with Crippen LogP contribution in [0.25, 0.3) is 0 Å². The van der Waals surface area contributed by atoms with E-state index < -0.39 is 18.0 Å². The SMILES string of the molecule is O=C(O)CCCCCCC(NCCC(=O)c1cccs1)C(=O)O. The van der Waals surface area contributed by atoms with Crippen molar-refractivity contribution >= 4 is 29.1 Å². The van der Waals surface area contributed by atoms with Gasteiger partial charge in [-0.2, -0.15) is 0 Å². The molecule has 0 amide bonds. The molecule has 1 unspecified atom stereocenters. The average Bonchev–Trinajstić information content (AvgIpc) is 3.02. The molecule has 6 nitrogen and oxygen atoms in total. The molecular weight excluding hydrogens is 318 g/mol. The Morgan fingerprint density at radius 1 is 1.09 bits per heavy atom. The second-order valence-electron chi connectivity index (χ2n) is 5.34. The zero-order valence-corrected chi connectivity index (χ0v) is 13.8. The Kier molecular flexibility index (Phi) is 9.16. The Labute approximate surface area is 139 Å². The number of carboxylic acid groups (broad SMARTS) is 2. The van der Waals surface area contributed by atoms with Crippen LogP contribution in [0.2, 0.25) is 0 Å². The fourth-order valence-corrected chi connectivity index (χ4v) is 2.91. The molecule has 1 atom stereocenters. The van der Waals surface area contributed by atoms with Crippen LogP contribution in [0.1, 0.15) is 54.6 Å². The lowest BCUT2D eigenvalue weighted by Crippen LogP contribution is -2.37. The predicted octanol–water partition coefficient (Wildman–Crippen LogP) is 2.79. The highest BCUT2D eigenvalue weighted by molar-refractivity contribution is 7.12. The Morgan fingerprint density at radius 2 is 1.83 bits per heavy atom. The van der Waals surface area contributed by atoms with Gasteiger partial charge in [-0.15, -0.1) is 11.3 Å². The number of thiophene rings is 1. The summed E-state index contributed by atoms with van der Waals surface area (Å²) in [5.41, 5.74) is 0. The van der Waals surface area contributed by atoms with Gasteiger partial charge < -0.3 is 15.5 Å². The van der Waals surface area contributed by atoms with Gasteiger partial charge in [0.1, 0.15) is 6.04 Å². The zero-order valence-electron chi connectivity index (χ0n) is 13.0. The molecule has 1 aromatic heterocycles. The van der Waals surface area contributed by atoms with Crippen molar-refractivity contribution < 1.29 is 24.6 Å². The number of hydrogen-bond acceptors (Lipinski definition) is 5. The smallest absolute Gasteiger partial charge is 0.320 e. The van der Waals surface area contributed by atoms with Crippen molar-refractivity contribution in [1.82, 2.24) is 5.32 Å². The van der Waals surface area contributed by atoms with E-state index in [0.29, 0.717) is 24.3 Å². The standard InChI is InChI=1S/C16H23NO5S/c18-13(14-7-5-11-23-14)9-10-17-12(16(21)22)6-3-1-2-4-8-15(19)20/h5,7,11-12,17H,1-4,6,8-10H2,(H,19,20)(H,21,22). The number of nitrogens with one attached hydrogen (secondary N) is 1. The number of unbranched alkanes of at least 4 members (excludes halogenated alkanes) is 3. The molecule has 0 aromatic carbocycles. The van der Waals surface area contributed by atoms with E-state index >= 15 is 0 Å². The van der Waals surface area contributed by atoms with E-state index in [4.69, 9.17) is 5.11 Å². The first kappa shape index (κ1) is 19.3. The molecule has 0 bridgehead atoms. The highest BCUT2D eigenvalue weighted by atomic mass is 32.1. The summed E-state index contributed by atoms with van der Waals surface area (Å²) in [4.78, 5) is 34.1. The summed E-state index contributed by atoms with van der Waals surface area (Å²) in [7, 11) is 0. The number of carboxylic acids is 2. The largest absolute Gasteiger partial charge is 0.481 e. The van der Waals surface area contributed by atoms with Crippen molar-refractivity contribution in [3.8, 4) is 0 Å². The lowest BCUT2D eigenvalue weighted by molar-refractivity contribution is -0.139. The van der Waals surface area contributed by atoms with Gasteiger partial charge in [0.15, 0.2) is 5.78 Å². The first-order chi connectivity index (χ1) is 11.0. The van der Waals surface area contributed by atoms with Gasteiger partial charge in [-0.3, -0.25) is 14.4 Å². The maximum atomic E-state index is 11.8. The van der Waals surface area contributed by atoms with Crippen LogP contribution in [-0.2, 0) is 9.59 Å². The Hall–Kier alpha value is -1.73. The second-order valence-corrected chi connectivity index (χ2v) is 6.29. The van der Waals surface area contributed by atoms with Gasteiger partial charge >= 0.3 is 11.9 Å². The van der Waals surface area contributed by atoms with Crippen molar-refractivity contribution in [3.63, 3.8) is 0 Å². The van der Waals surface area contributed by atoms with Crippen LogP contribution in [0, 0.1) is 0 Å². The number of Topliss-reactive ketones (excluding diaryl/α,β-unsaturated/α-hetero) is 1. The predicted molar refractivity (Wildman–Crippen MR) is 88.0 cm³/mol. The molecule has 0 fully saturated rings. The molecule has 0 aliphatic rings. The summed E-state index contributed by atoms with van der Waals surface area (Å²) in [6.07, 6.45) is 3.87. The third-order valence-corrected chi connectivity index (χ3v) is 4.38. The molecule has 1 aromatic rings. The summed E-state index contributed by atoms with van der Waals surface area (Å²) in [6, 6.07) is 2.92. The molecule has 0 saturated heterocycles. The van der Waals surface area contributed by atoms with Crippen LogP contribution in [0.15, 0.2) is 17.5 Å². The quantitative estimate of drug-likeness (QED) is 0.376. The van der Waals surface area contributed by atoms with E-state index in [-0.39, 0.29) is 18.6 Å². The van der Waals surface area contributed by atoms with Gasteiger partial charge in [-0.1, -0.05) is 25.3 Å². The maximum Gasteiger partial charge on any atom is 0.320 e. The van der Waals surface area contributed by atoms with Gasteiger partial charge in [0.2, 0.25) is 0 Å². The molecule has 1 heterocycles. The van der Waals surface area contributed by atoms with Crippen molar-refractivity contribution in [3.05, 3.63) is 22.4 Å². The molecule has 7 heteroatoms. The van der Waals surface area contributed by atoms with E-state index in [9.17, 15) is 19.5 Å². The highest BCUT2D eigenvalue weighted by Crippen LogP contribution is 2.11. The van der Waals surface area contributed by atoms with Gasteiger partial charge in [-0.25, -0.2) is 0 Å². The highest BCUT2D eigenvalue weighted by Gasteiger charge is 2.16. The Bertz CT molecular complexity index is 501. The normalized spacial score (nSPS) is 12.0. The fourth-order valence-electron chi connectivity index (χ4n) is 2.21. The zero-order chi connectivity index (χ0) is 17.1. The number of carbonyl (C=O) groups excluding carboxylic acids is 1. The molecule has 23 heavy (non-hydrogen) atoms. The molecule has 0 spiro atoms. The van der Waals surface area contributed by atoms with E-state index in [1.54, 1.807) is 6.07 Å². The van der Waals surface area contributed by atoms with Crippen LogP contribution in [0.3, 0.4) is 0 Å². The summed E-state index contributed by atoms with van der Waals surface area (Å²) < 4.78 is 0. The van der Waals surface area contributed by atoms with Gasteiger partial charge in [0.25, 0.3) is 0 Å². The first-order valence-corrected chi connectivity index (χ1v) is 8.63. The number of aliphatic carboxylic acids is 2. The van der Waals surface area contributed by atoms with Crippen molar-refractivity contribution in [2.75, 3.05) is 6.54 Å². The number of carbonyl (C=O) groups is 3. The third-order valence-electron chi connectivity index (χ3n) is 3.47. The summed E-state index contributed by atoms with van der Waals surface area (Å²) >= 11 is 1.38. The third kappa shape index (κ3) is 8.47. The van der Waals surface area contributed by atoms with E-state index in [2.05, 4.69) is 5.32 Å². The molecular formula is C16H23NO5S. The van der Waals surface area contributed by atoms with Crippen molar-refractivity contribution in [2.45, 2.75) is 51.0 Å². The summed E-state index contributed by atoms with van der Waals surface area (Å²) in [5, 5.41) is 22.5. The number of ketones is 1. The minimum absolute atomic E-state index is 0.0188. The first-order valence-electron chi connectivity index (χ1n) is 7.75.